The van der Waals surface area contributed by atoms with E-state index >= 15 is 0 Å². The van der Waals surface area contributed by atoms with Crippen LogP contribution in [0.2, 0.25) is 0 Å². The third-order valence-electron chi connectivity index (χ3n) is 2.99. The normalized spacial score (nSPS) is 22.8. The monoisotopic (exact) mass is 313 g/mol. The highest BCUT2D eigenvalue weighted by Crippen LogP contribution is 2.29. The molecule has 1 saturated heterocycles. The summed E-state index contributed by atoms with van der Waals surface area (Å²) in [6, 6.07) is 5.51. The van der Waals surface area contributed by atoms with E-state index in [1.165, 1.54) is 0 Å². The van der Waals surface area contributed by atoms with Crippen molar-refractivity contribution in [3.05, 3.63) is 22.7 Å². The minimum absolute atomic E-state index is 0.0178. The molecule has 0 saturated carbocycles. The van der Waals surface area contributed by atoms with E-state index in [9.17, 15) is 4.79 Å². The second kappa shape index (κ2) is 5.71. The zero-order valence-corrected chi connectivity index (χ0v) is 12.0. The van der Waals surface area contributed by atoms with Gasteiger partial charge in [-0.2, -0.15) is 0 Å². The van der Waals surface area contributed by atoms with Crippen LogP contribution in [0.5, 0.6) is 5.75 Å². The van der Waals surface area contributed by atoms with Crippen molar-refractivity contribution >= 4 is 27.5 Å². The number of hydrogen-bond donors (Lipinski definition) is 1. The number of anilines is 1. The molecule has 1 aromatic rings. The van der Waals surface area contributed by atoms with Crippen molar-refractivity contribution < 1.29 is 14.3 Å². The summed E-state index contributed by atoms with van der Waals surface area (Å²) in [7, 11) is 1.58. The zero-order chi connectivity index (χ0) is 13.1. The molecule has 4 nitrogen and oxygen atoms in total. The van der Waals surface area contributed by atoms with Gasteiger partial charge in [0.2, 0.25) is 5.91 Å². The molecule has 98 valence electrons. The summed E-state index contributed by atoms with van der Waals surface area (Å²) < 4.78 is 11.5. The highest BCUT2D eigenvalue weighted by atomic mass is 79.9. The van der Waals surface area contributed by atoms with Crippen LogP contribution in [0.4, 0.5) is 5.69 Å². The van der Waals surface area contributed by atoms with E-state index < -0.39 is 0 Å². The Morgan fingerprint density at radius 3 is 2.94 bits per heavy atom. The van der Waals surface area contributed by atoms with Crippen LogP contribution >= 0.6 is 15.9 Å². The number of carbonyl (C=O) groups is 1. The first-order valence-corrected chi connectivity index (χ1v) is 6.65. The second-order valence-corrected chi connectivity index (χ2v) is 5.33. The molecule has 5 heteroatoms. The molecule has 0 radical (unpaired) electrons. The van der Waals surface area contributed by atoms with Crippen LogP contribution in [-0.2, 0) is 9.53 Å². The van der Waals surface area contributed by atoms with Crippen molar-refractivity contribution in [2.45, 2.75) is 19.4 Å². The maximum absolute atomic E-state index is 12.1. The highest BCUT2D eigenvalue weighted by Gasteiger charge is 2.28. The predicted octanol–water partition coefficient (Wildman–Crippen LogP) is 2.82. The number of rotatable bonds is 3. The molecule has 0 aliphatic carbocycles. The van der Waals surface area contributed by atoms with Crippen LogP contribution in [-0.4, -0.2) is 25.7 Å². The van der Waals surface area contributed by atoms with Gasteiger partial charge >= 0.3 is 0 Å². The van der Waals surface area contributed by atoms with E-state index in [4.69, 9.17) is 9.47 Å². The van der Waals surface area contributed by atoms with E-state index in [0.717, 1.165) is 10.9 Å². The first-order chi connectivity index (χ1) is 8.60. The van der Waals surface area contributed by atoms with Gasteiger partial charge in [-0.3, -0.25) is 4.79 Å². The summed E-state index contributed by atoms with van der Waals surface area (Å²) >= 11 is 3.38. The van der Waals surface area contributed by atoms with Gasteiger partial charge in [0.25, 0.3) is 0 Å². The molecule has 18 heavy (non-hydrogen) atoms. The largest absolute Gasteiger partial charge is 0.495 e. The van der Waals surface area contributed by atoms with E-state index in [1.54, 1.807) is 7.11 Å². The van der Waals surface area contributed by atoms with Gasteiger partial charge in [0.05, 0.1) is 31.4 Å². The molecule has 1 aliphatic heterocycles. The molecule has 0 aromatic heterocycles. The fraction of sp³-hybridized carbons (Fsp3) is 0.462. The third kappa shape index (κ3) is 3.03. The summed E-state index contributed by atoms with van der Waals surface area (Å²) in [5.41, 5.74) is 0.677. The van der Waals surface area contributed by atoms with Crippen LogP contribution in [0.25, 0.3) is 0 Å². The predicted molar refractivity (Wildman–Crippen MR) is 72.8 cm³/mol. The van der Waals surface area contributed by atoms with Gasteiger partial charge in [-0.15, -0.1) is 0 Å². The minimum Gasteiger partial charge on any atom is -0.495 e. The summed E-state index contributed by atoms with van der Waals surface area (Å²) in [5, 5.41) is 2.89. The Balaban J connectivity index is 2.09. The molecule has 2 atom stereocenters. The minimum atomic E-state index is -0.0799. The Hall–Kier alpha value is -1.07. The molecule has 2 rings (SSSR count). The number of benzene rings is 1. The molecule has 1 fully saturated rings. The third-order valence-corrected chi connectivity index (χ3v) is 3.48. The van der Waals surface area contributed by atoms with Crippen LogP contribution in [0.3, 0.4) is 0 Å². The van der Waals surface area contributed by atoms with Crippen LogP contribution < -0.4 is 10.1 Å². The molecule has 0 bridgehead atoms. The molecule has 1 heterocycles. The van der Waals surface area contributed by atoms with E-state index in [-0.39, 0.29) is 17.9 Å². The van der Waals surface area contributed by atoms with Gasteiger partial charge in [-0.05, 0) is 31.5 Å². The number of hydrogen-bond acceptors (Lipinski definition) is 3. The van der Waals surface area contributed by atoms with Gasteiger partial charge < -0.3 is 14.8 Å². The van der Waals surface area contributed by atoms with Gasteiger partial charge in [0.1, 0.15) is 5.75 Å². The zero-order valence-electron chi connectivity index (χ0n) is 10.4. The maximum Gasteiger partial charge on any atom is 0.230 e. The number of methoxy groups -OCH3 is 1. The fourth-order valence-corrected chi connectivity index (χ4v) is 2.37. The van der Waals surface area contributed by atoms with Crippen LogP contribution in [0.1, 0.15) is 13.3 Å². The summed E-state index contributed by atoms with van der Waals surface area (Å²) in [6.07, 6.45) is 0.924. The number of carbonyl (C=O) groups excluding carboxylic acids is 1. The summed E-state index contributed by atoms with van der Waals surface area (Å²) in [6.45, 7) is 2.47. The van der Waals surface area contributed by atoms with Gasteiger partial charge in [-0.25, -0.2) is 0 Å². The van der Waals surface area contributed by atoms with E-state index in [1.807, 2.05) is 25.1 Å². The van der Waals surface area contributed by atoms with Crippen LogP contribution in [0, 0.1) is 5.92 Å². The number of nitrogens with one attached hydrogen (secondary N) is 1. The Labute approximate surface area is 115 Å². The first kappa shape index (κ1) is 13.4. The lowest BCUT2D eigenvalue weighted by Crippen LogP contribution is -2.23. The summed E-state index contributed by atoms with van der Waals surface area (Å²) in [4.78, 5) is 12.1. The standard InChI is InChI=1S/C13H16BrNO3/c1-8-5-9(7-18-8)13(16)15-11-6-10(14)3-4-12(11)17-2/h3-4,6,8-9H,5,7H2,1-2H3,(H,15,16). The Bertz CT molecular complexity index is 450. The highest BCUT2D eigenvalue weighted by molar-refractivity contribution is 9.10. The lowest BCUT2D eigenvalue weighted by atomic mass is 10.1. The molecular formula is C13H16BrNO3. The fourth-order valence-electron chi connectivity index (χ4n) is 2.01. The lowest BCUT2D eigenvalue weighted by molar-refractivity contribution is -0.119. The Morgan fingerprint density at radius 1 is 1.56 bits per heavy atom. The maximum atomic E-state index is 12.1. The lowest BCUT2D eigenvalue weighted by Gasteiger charge is -2.13. The van der Waals surface area contributed by atoms with Crippen molar-refractivity contribution in [1.82, 2.24) is 0 Å². The topological polar surface area (TPSA) is 47.6 Å². The van der Waals surface area contributed by atoms with Crippen LogP contribution in [0.15, 0.2) is 22.7 Å². The molecule has 0 spiro atoms. The molecule has 1 amide bonds. The number of halogens is 1. The van der Waals surface area contributed by atoms with Crippen molar-refractivity contribution in [2.75, 3.05) is 19.0 Å². The van der Waals surface area contributed by atoms with E-state index in [0.29, 0.717) is 18.0 Å². The first-order valence-electron chi connectivity index (χ1n) is 5.86. The van der Waals surface area contributed by atoms with Crippen molar-refractivity contribution in [3.8, 4) is 5.75 Å². The molecule has 1 N–H and O–H groups in total. The quantitative estimate of drug-likeness (QED) is 0.933. The summed E-state index contributed by atoms with van der Waals surface area (Å²) in [5.74, 6) is 0.554. The Kier molecular flexibility index (Phi) is 4.24. The smallest absolute Gasteiger partial charge is 0.230 e. The Morgan fingerprint density at radius 2 is 2.33 bits per heavy atom. The van der Waals surface area contributed by atoms with Crippen molar-refractivity contribution in [3.63, 3.8) is 0 Å². The van der Waals surface area contributed by atoms with Gasteiger partial charge in [0, 0.05) is 4.47 Å². The average Bonchev–Trinajstić information content (AvgIpc) is 2.76. The molecule has 2 unspecified atom stereocenters. The SMILES string of the molecule is COc1ccc(Br)cc1NC(=O)C1COC(C)C1. The average molecular weight is 314 g/mol. The number of amides is 1. The number of ether oxygens (including phenoxy) is 2. The van der Waals surface area contributed by atoms with Crippen molar-refractivity contribution in [2.24, 2.45) is 5.92 Å². The van der Waals surface area contributed by atoms with E-state index in [2.05, 4.69) is 21.2 Å². The van der Waals surface area contributed by atoms with Crippen molar-refractivity contribution in [1.29, 1.82) is 0 Å². The molecule has 1 aromatic carbocycles. The van der Waals surface area contributed by atoms with Gasteiger partial charge in [0.15, 0.2) is 0 Å². The van der Waals surface area contributed by atoms with Gasteiger partial charge in [-0.1, -0.05) is 15.9 Å². The molecular weight excluding hydrogens is 298 g/mol. The second-order valence-electron chi connectivity index (χ2n) is 4.41. The molecule has 1 aliphatic rings.